The van der Waals surface area contributed by atoms with E-state index in [1.54, 1.807) is 6.20 Å². The number of fused-ring (bicyclic) bond motifs is 1. The highest BCUT2D eigenvalue weighted by Crippen LogP contribution is 2.33. The predicted molar refractivity (Wildman–Crippen MR) is 146 cm³/mol. The summed E-state index contributed by atoms with van der Waals surface area (Å²) >= 11 is 5.76. The van der Waals surface area contributed by atoms with Gasteiger partial charge in [0.2, 0.25) is 0 Å². The van der Waals surface area contributed by atoms with Crippen molar-refractivity contribution >= 4 is 34.5 Å². The van der Waals surface area contributed by atoms with Gasteiger partial charge in [0.1, 0.15) is 0 Å². The number of nitrogens with one attached hydrogen (secondary N) is 1. The maximum absolute atomic E-state index is 5.76. The van der Waals surface area contributed by atoms with E-state index in [-0.39, 0.29) is 0 Å². The topological polar surface area (TPSA) is 37.8 Å². The smallest absolute Gasteiger partial charge is 0.0742 e. The van der Waals surface area contributed by atoms with Crippen LogP contribution in [0.4, 0.5) is 11.4 Å². The second-order valence-electron chi connectivity index (χ2n) is 8.92. The summed E-state index contributed by atoms with van der Waals surface area (Å²) in [6.07, 6.45) is 10.4. The van der Waals surface area contributed by atoms with Crippen LogP contribution in [-0.2, 0) is 19.3 Å². The van der Waals surface area contributed by atoms with Gasteiger partial charge >= 0.3 is 0 Å². The quantitative estimate of drug-likeness (QED) is 0.295. The van der Waals surface area contributed by atoms with Crippen molar-refractivity contribution in [2.24, 2.45) is 0 Å². The van der Waals surface area contributed by atoms with Crippen LogP contribution < -0.4 is 5.32 Å². The van der Waals surface area contributed by atoms with Gasteiger partial charge in [0.05, 0.1) is 11.4 Å². The molecule has 1 aliphatic carbocycles. The lowest BCUT2D eigenvalue weighted by Crippen LogP contribution is -2.06. The lowest BCUT2D eigenvalue weighted by Gasteiger charge is -2.16. The zero-order chi connectivity index (χ0) is 23.5. The zero-order valence-corrected chi connectivity index (χ0v) is 20.3. The van der Waals surface area contributed by atoms with Gasteiger partial charge in [-0.1, -0.05) is 66.3 Å². The summed E-state index contributed by atoms with van der Waals surface area (Å²) in [6.45, 7) is 4.26. The van der Waals surface area contributed by atoms with Crippen LogP contribution in [0.15, 0.2) is 79.1 Å². The van der Waals surface area contributed by atoms with Gasteiger partial charge in [0.15, 0.2) is 0 Å². The van der Waals surface area contributed by atoms with Gasteiger partial charge in [-0.05, 0) is 54.8 Å². The monoisotopic (exact) mass is 461 g/mol. The lowest BCUT2D eigenvalue weighted by molar-refractivity contribution is 1.13. The van der Waals surface area contributed by atoms with E-state index in [2.05, 4.69) is 90.9 Å². The van der Waals surface area contributed by atoms with E-state index in [1.165, 1.54) is 22.3 Å². The number of nitrogens with zero attached hydrogens (tertiary/aromatic N) is 2. The molecule has 0 saturated carbocycles. The van der Waals surface area contributed by atoms with E-state index in [9.17, 15) is 0 Å². The molecule has 2 aromatic heterocycles. The number of benzene rings is 2. The van der Waals surface area contributed by atoms with Crippen LogP contribution in [0.25, 0.3) is 17.3 Å². The van der Waals surface area contributed by atoms with Gasteiger partial charge in [-0.3, -0.25) is 9.97 Å². The highest BCUT2D eigenvalue weighted by Gasteiger charge is 2.16. The molecule has 0 atom stereocenters. The highest BCUT2D eigenvalue weighted by atomic mass is 32.1. The van der Waals surface area contributed by atoms with Crippen molar-refractivity contribution < 1.29 is 0 Å². The molecule has 0 fully saturated rings. The second kappa shape index (κ2) is 9.70. The van der Waals surface area contributed by atoms with Gasteiger partial charge < -0.3 is 5.32 Å². The summed E-state index contributed by atoms with van der Waals surface area (Å²) in [5.41, 5.74) is 11.3. The third-order valence-electron chi connectivity index (χ3n) is 6.15. The molecule has 2 heterocycles. The third kappa shape index (κ3) is 4.97. The Morgan fingerprint density at radius 2 is 1.79 bits per heavy atom. The number of thiocarbonyl (C=S) groups is 1. The number of hydrogen-bond acceptors (Lipinski definition) is 4. The number of pyridine rings is 2. The number of aromatic nitrogens is 2. The Balaban J connectivity index is 1.40. The van der Waals surface area contributed by atoms with Crippen LogP contribution in [0.1, 0.15) is 33.5 Å². The number of aryl methyl sites for hydroxylation is 2. The lowest BCUT2D eigenvalue weighted by atomic mass is 10.0. The van der Waals surface area contributed by atoms with Crippen LogP contribution in [0.2, 0.25) is 0 Å². The molecule has 1 aliphatic rings. The Bertz CT molecular complexity index is 1390. The van der Waals surface area contributed by atoms with Crippen molar-refractivity contribution in [1.29, 1.82) is 0 Å². The van der Waals surface area contributed by atoms with E-state index in [1.807, 2.05) is 12.3 Å². The van der Waals surface area contributed by atoms with Crippen LogP contribution in [0.3, 0.4) is 0 Å². The van der Waals surface area contributed by atoms with Crippen molar-refractivity contribution in [1.82, 2.24) is 9.97 Å². The Labute approximate surface area is 206 Å². The highest BCUT2D eigenvalue weighted by molar-refractivity contribution is 7.80. The summed E-state index contributed by atoms with van der Waals surface area (Å²) in [4.78, 5) is 10.2. The molecule has 0 saturated heterocycles. The molecule has 2 aromatic carbocycles. The number of allylic oxidation sites excluding steroid dienone is 1. The van der Waals surface area contributed by atoms with Gasteiger partial charge in [0.25, 0.3) is 0 Å². The Kier molecular flexibility index (Phi) is 6.33. The van der Waals surface area contributed by atoms with Gasteiger partial charge in [-0.2, -0.15) is 0 Å². The fourth-order valence-corrected chi connectivity index (χ4v) is 4.74. The molecule has 5 rings (SSSR count). The molecular formula is C30H27N3S. The summed E-state index contributed by atoms with van der Waals surface area (Å²) in [7, 11) is 0. The van der Waals surface area contributed by atoms with Crippen molar-refractivity contribution in [2.75, 3.05) is 5.32 Å². The van der Waals surface area contributed by atoms with E-state index in [0.29, 0.717) is 0 Å². The van der Waals surface area contributed by atoms with Gasteiger partial charge in [-0.15, -0.1) is 0 Å². The normalized spacial score (nSPS) is 11.9. The maximum Gasteiger partial charge on any atom is 0.0742 e. The molecule has 4 heteroatoms. The molecule has 0 aliphatic heterocycles. The largest absolute Gasteiger partial charge is 0.355 e. The Hall–Kier alpha value is -3.63. The van der Waals surface area contributed by atoms with Gasteiger partial charge in [0, 0.05) is 59.0 Å². The Morgan fingerprint density at radius 3 is 2.59 bits per heavy atom. The Morgan fingerprint density at radius 1 is 0.941 bits per heavy atom. The molecule has 168 valence electrons. The van der Waals surface area contributed by atoms with Crippen molar-refractivity contribution in [3.8, 4) is 11.3 Å². The third-order valence-corrected chi connectivity index (χ3v) is 6.44. The van der Waals surface area contributed by atoms with Crippen LogP contribution in [0.5, 0.6) is 0 Å². The van der Waals surface area contributed by atoms with Crippen molar-refractivity contribution in [3.05, 3.63) is 113 Å². The molecular weight excluding hydrogens is 434 g/mol. The van der Waals surface area contributed by atoms with Crippen LogP contribution >= 0.6 is 12.2 Å². The number of anilines is 2. The van der Waals surface area contributed by atoms with E-state index in [0.717, 1.165) is 58.0 Å². The molecule has 3 nitrogen and oxygen atoms in total. The minimum Gasteiger partial charge on any atom is -0.355 e. The second-order valence-corrected chi connectivity index (χ2v) is 9.50. The summed E-state index contributed by atoms with van der Waals surface area (Å²) in [6, 6.07) is 21.3. The SMILES string of the molecule is Cc1cccc(CC(=S)Cc2ccc(C)c(Nc3cc(-c4cccnc4)nc4c3C=CC4)c2)c1. The summed E-state index contributed by atoms with van der Waals surface area (Å²) < 4.78 is 0. The predicted octanol–water partition coefficient (Wildman–Crippen LogP) is 7.23. The van der Waals surface area contributed by atoms with Gasteiger partial charge in [-0.25, -0.2) is 0 Å². The maximum atomic E-state index is 5.76. The molecule has 1 N–H and O–H groups in total. The minimum atomic E-state index is 0.785. The van der Waals surface area contributed by atoms with Crippen LogP contribution in [0, 0.1) is 13.8 Å². The first-order valence-corrected chi connectivity index (χ1v) is 12.0. The summed E-state index contributed by atoms with van der Waals surface area (Å²) in [5, 5.41) is 3.70. The first-order valence-electron chi connectivity index (χ1n) is 11.6. The molecule has 34 heavy (non-hydrogen) atoms. The van der Waals surface area contributed by atoms with Crippen LogP contribution in [-0.4, -0.2) is 14.8 Å². The van der Waals surface area contributed by atoms with Crippen molar-refractivity contribution in [3.63, 3.8) is 0 Å². The molecule has 0 spiro atoms. The average Bonchev–Trinajstić information content (AvgIpc) is 3.31. The van der Waals surface area contributed by atoms with Crippen molar-refractivity contribution in [2.45, 2.75) is 33.1 Å². The molecule has 0 amide bonds. The van der Waals surface area contributed by atoms with E-state index >= 15 is 0 Å². The first kappa shape index (κ1) is 22.2. The molecule has 0 bridgehead atoms. The van der Waals surface area contributed by atoms with E-state index in [4.69, 9.17) is 17.2 Å². The first-order chi connectivity index (χ1) is 16.5. The minimum absolute atomic E-state index is 0.785. The number of hydrogen-bond donors (Lipinski definition) is 1. The fraction of sp³-hybridized carbons (Fsp3) is 0.167. The standard InChI is InChI=1S/C30H27N3S/c1-20-6-3-7-22(14-20)15-25(34)16-23-12-11-21(2)28(17-23)33-30-18-29(24-8-5-13-31-19-24)32-27-10-4-9-26(27)30/h3-9,11-14,17-19H,10,15-16H2,1-2H3,(H,32,33). The van der Waals surface area contributed by atoms with E-state index < -0.39 is 0 Å². The summed E-state index contributed by atoms with van der Waals surface area (Å²) in [5.74, 6) is 0. The zero-order valence-electron chi connectivity index (χ0n) is 19.5. The average molecular weight is 462 g/mol. The molecule has 0 unspecified atom stereocenters. The molecule has 0 radical (unpaired) electrons. The molecule has 4 aromatic rings. The fourth-order valence-electron chi connectivity index (χ4n) is 4.40. The number of rotatable bonds is 7.